The minimum absolute atomic E-state index is 0.134. The molecule has 1 saturated heterocycles. The van der Waals surface area contributed by atoms with Crippen LogP contribution in [0.1, 0.15) is 0 Å². The standard InChI is InChI=1S/C10H14ClN5O3/c1-14-6-19-7-15(10(14)13-16(17)18)5-8-2-3-9(11)12-4-8/h2-3,8H,4-7H2,1H3/b13-10+. The second kappa shape index (κ2) is 5.98. The van der Waals surface area contributed by atoms with Crippen LogP contribution >= 0.6 is 11.6 Å². The fraction of sp³-hybridized carbons (Fsp3) is 0.600. The van der Waals surface area contributed by atoms with E-state index in [-0.39, 0.29) is 19.4 Å². The Hall–Kier alpha value is -1.67. The molecule has 0 bridgehead atoms. The Kier molecular flexibility index (Phi) is 4.33. The molecule has 0 aromatic carbocycles. The van der Waals surface area contributed by atoms with Crippen molar-refractivity contribution < 1.29 is 9.77 Å². The quantitative estimate of drug-likeness (QED) is 0.559. The van der Waals surface area contributed by atoms with Crippen LogP contribution in [0.3, 0.4) is 0 Å². The summed E-state index contributed by atoms with van der Waals surface area (Å²) in [5.41, 5.74) is 0. The lowest BCUT2D eigenvalue weighted by Crippen LogP contribution is -2.51. The summed E-state index contributed by atoms with van der Waals surface area (Å²) in [6.45, 7) is 1.66. The molecule has 19 heavy (non-hydrogen) atoms. The third-order valence-corrected chi connectivity index (χ3v) is 3.01. The Morgan fingerprint density at radius 2 is 2.47 bits per heavy atom. The molecule has 2 heterocycles. The second-order valence-corrected chi connectivity index (χ2v) is 4.69. The smallest absolute Gasteiger partial charge is 0.277 e. The van der Waals surface area contributed by atoms with E-state index in [9.17, 15) is 10.1 Å². The van der Waals surface area contributed by atoms with Gasteiger partial charge in [0.2, 0.25) is 0 Å². The monoisotopic (exact) mass is 287 g/mol. The van der Waals surface area contributed by atoms with Gasteiger partial charge in [0.25, 0.3) is 5.96 Å². The Morgan fingerprint density at radius 3 is 3.11 bits per heavy atom. The van der Waals surface area contributed by atoms with Crippen LogP contribution in [0.25, 0.3) is 0 Å². The van der Waals surface area contributed by atoms with Crippen molar-refractivity contribution in [2.75, 3.05) is 33.6 Å². The highest BCUT2D eigenvalue weighted by Gasteiger charge is 2.27. The van der Waals surface area contributed by atoms with Crippen molar-refractivity contribution in [1.29, 1.82) is 0 Å². The summed E-state index contributed by atoms with van der Waals surface area (Å²) in [7, 11) is 1.69. The third kappa shape index (κ3) is 3.65. The zero-order valence-electron chi connectivity index (χ0n) is 10.4. The van der Waals surface area contributed by atoms with Crippen LogP contribution in [-0.2, 0) is 4.74 Å². The van der Waals surface area contributed by atoms with Gasteiger partial charge in [0, 0.05) is 26.1 Å². The first-order chi connectivity index (χ1) is 9.06. The molecule has 0 aromatic heterocycles. The van der Waals surface area contributed by atoms with Crippen molar-refractivity contribution in [2.24, 2.45) is 16.0 Å². The van der Waals surface area contributed by atoms with Crippen LogP contribution < -0.4 is 0 Å². The maximum absolute atomic E-state index is 10.6. The predicted molar refractivity (Wildman–Crippen MR) is 70.5 cm³/mol. The first-order valence-corrected chi connectivity index (χ1v) is 6.09. The van der Waals surface area contributed by atoms with Gasteiger partial charge in [-0.05, 0) is 6.08 Å². The number of ether oxygens (including phenoxy) is 1. The summed E-state index contributed by atoms with van der Waals surface area (Å²) < 4.78 is 5.33. The number of nitrogens with zero attached hydrogens (tertiary/aromatic N) is 5. The zero-order valence-corrected chi connectivity index (χ0v) is 11.2. The number of allylic oxidation sites excluding steroid dienone is 1. The summed E-state index contributed by atoms with van der Waals surface area (Å²) in [4.78, 5) is 18.0. The van der Waals surface area contributed by atoms with E-state index in [1.165, 1.54) is 0 Å². The largest absolute Gasteiger partial charge is 0.341 e. The van der Waals surface area contributed by atoms with E-state index < -0.39 is 5.03 Å². The number of hydrogen-bond donors (Lipinski definition) is 0. The zero-order chi connectivity index (χ0) is 13.8. The van der Waals surface area contributed by atoms with Crippen LogP contribution in [0.4, 0.5) is 0 Å². The molecule has 0 N–H and O–H groups in total. The lowest BCUT2D eigenvalue weighted by atomic mass is 10.1. The number of rotatable bonds is 3. The Bertz CT molecular complexity index is 450. The molecule has 0 amide bonds. The molecule has 8 nitrogen and oxygen atoms in total. The number of nitro groups is 1. The van der Waals surface area contributed by atoms with E-state index in [0.717, 1.165) is 0 Å². The van der Waals surface area contributed by atoms with Gasteiger partial charge >= 0.3 is 0 Å². The van der Waals surface area contributed by atoms with E-state index in [4.69, 9.17) is 16.3 Å². The maximum Gasteiger partial charge on any atom is 0.277 e. The molecule has 0 saturated carbocycles. The summed E-state index contributed by atoms with van der Waals surface area (Å²) in [6, 6.07) is 0. The van der Waals surface area contributed by atoms with Crippen molar-refractivity contribution in [3.8, 4) is 0 Å². The summed E-state index contributed by atoms with van der Waals surface area (Å²) >= 11 is 5.75. The fourth-order valence-electron chi connectivity index (χ4n) is 1.93. The Balaban J connectivity index is 2.05. The minimum Gasteiger partial charge on any atom is -0.341 e. The van der Waals surface area contributed by atoms with E-state index in [1.54, 1.807) is 22.9 Å². The molecule has 2 rings (SSSR count). The van der Waals surface area contributed by atoms with Crippen LogP contribution in [0, 0.1) is 16.0 Å². The molecule has 9 heteroatoms. The molecule has 0 aromatic rings. The molecule has 2 aliphatic rings. The SMILES string of the molecule is CN1COCN(CC2C=CC(Cl)=NC2)/C1=N/[N+](=O)[O-]. The highest BCUT2D eigenvalue weighted by molar-refractivity contribution is 6.68. The second-order valence-electron chi connectivity index (χ2n) is 4.30. The van der Waals surface area contributed by atoms with Gasteiger partial charge in [0.1, 0.15) is 23.7 Å². The Morgan fingerprint density at radius 1 is 1.68 bits per heavy atom. The van der Waals surface area contributed by atoms with Crippen molar-refractivity contribution in [3.63, 3.8) is 0 Å². The number of aliphatic imine (C=N–C) groups is 1. The van der Waals surface area contributed by atoms with Crippen molar-refractivity contribution >= 4 is 22.7 Å². The number of guanidine groups is 1. The van der Waals surface area contributed by atoms with E-state index >= 15 is 0 Å². The average Bonchev–Trinajstić information content (AvgIpc) is 2.36. The summed E-state index contributed by atoms with van der Waals surface area (Å²) in [5.74, 6) is 0.430. The molecule has 2 aliphatic heterocycles. The van der Waals surface area contributed by atoms with Gasteiger partial charge in [0.15, 0.2) is 5.03 Å². The first kappa shape index (κ1) is 13.8. The van der Waals surface area contributed by atoms with E-state index in [1.807, 2.05) is 6.08 Å². The van der Waals surface area contributed by atoms with Gasteiger partial charge in [0.05, 0.1) is 0 Å². The first-order valence-electron chi connectivity index (χ1n) is 5.71. The van der Waals surface area contributed by atoms with Gasteiger partial charge in [-0.2, -0.15) is 0 Å². The third-order valence-electron chi connectivity index (χ3n) is 2.77. The molecule has 0 radical (unpaired) electrons. The highest BCUT2D eigenvalue weighted by Crippen LogP contribution is 2.14. The normalized spacial score (nSPS) is 25.7. The highest BCUT2D eigenvalue weighted by atomic mass is 35.5. The van der Waals surface area contributed by atoms with Crippen LogP contribution in [0.2, 0.25) is 0 Å². The number of hydrazone groups is 1. The Labute approximate surface area is 115 Å². The number of halogens is 1. The molecule has 0 aliphatic carbocycles. The van der Waals surface area contributed by atoms with Crippen molar-refractivity contribution in [2.45, 2.75) is 0 Å². The molecule has 104 valence electrons. The van der Waals surface area contributed by atoms with Crippen molar-refractivity contribution in [1.82, 2.24) is 9.80 Å². The number of hydrogen-bond acceptors (Lipinski definition) is 4. The molecular weight excluding hydrogens is 274 g/mol. The van der Waals surface area contributed by atoms with Gasteiger partial charge in [-0.25, -0.2) is 10.1 Å². The molecule has 1 atom stereocenters. The fourth-order valence-corrected chi connectivity index (χ4v) is 2.07. The van der Waals surface area contributed by atoms with Crippen LogP contribution in [0.5, 0.6) is 0 Å². The molecule has 0 spiro atoms. The number of dihydropyridines is 1. The topological polar surface area (TPSA) is 83.6 Å². The van der Waals surface area contributed by atoms with Gasteiger partial charge in [-0.1, -0.05) is 17.7 Å². The maximum atomic E-state index is 10.6. The molecule has 1 fully saturated rings. The lowest BCUT2D eigenvalue weighted by molar-refractivity contribution is -0.486. The lowest BCUT2D eigenvalue weighted by Gasteiger charge is -2.36. The van der Waals surface area contributed by atoms with E-state index in [2.05, 4.69) is 10.1 Å². The predicted octanol–water partition coefficient (Wildman–Crippen LogP) is 0.536. The van der Waals surface area contributed by atoms with Gasteiger partial charge < -0.3 is 14.5 Å². The van der Waals surface area contributed by atoms with E-state index in [0.29, 0.717) is 24.2 Å². The summed E-state index contributed by atoms with van der Waals surface area (Å²) in [5, 5.41) is 13.7. The minimum atomic E-state index is -0.699. The van der Waals surface area contributed by atoms with Crippen LogP contribution in [0.15, 0.2) is 22.2 Å². The average molecular weight is 288 g/mol. The van der Waals surface area contributed by atoms with Gasteiger partial charge in [-0.3, -0.25) is 4.99 Å². The molecular formula is C10H14ClN5O3. The summed E-state index contributed by atoms with van der Waals surface area (Å²) in [6.07, 6.45) is 3.67. The van der Waals surface area contributed by atoms with Crippen molar-refractivity contribution in [3.05, 3.63) is 22.3 Å². The van der Waals surface area contributed by atoms with Gasteiger partial charge in [-0.15, -0.1) is 0 Å². The molecule has 1 unspecified atom stereocenters. The van der Waals surface area contributed by atoms with Crippen LogP contribution in [-0.4, -0.2) is 59.6 Å².